The van der Waals surface area contributed by atoms with Gasteiger partial charge in [0.1, 0.15) is 0 Å². The normalized spacial score (nSPS) is 15.2. The van der Waals surface area contributed by atoms with E-state index in [-0.39, 0.29) is 0 Å². The summed E-state index contributed by atoms with van der Waals surface area (Å²) in [5.74, 6) is 0.994. The molecule has 1 aliphatic rings. The van der Waals surface area contributed by atoms with Gasteiger partial charge in [0.15, 0.2) is 0 Å². The molecule has 2 nitrogen and oxygen atoms in total. The van der Waals surface area contributed by atoms with Crippen molar-refractivity contribution in [2.24, 2.45) is 5.92 Å². The average Bonchev–Trinajstić information content (AvgIpc) is 3.12. The summed E-state index contributed by atoms with van der Waals surface area (Å²) in [5, 5.41) is 3.50. The molecule has 1 saturated carbocycles. The van der Waals surface area contributed by atoms with Gasteiger partial charge in [-0.1, -0.05) is 19.1 Å². The minimum atomic E-state index is 0.994. The molecule has 1 N–H and O–H groups in total. The fraction of sp³-hybridized carbons (Fsp3) is 0.600. The van der Waals surface area contributed by atoms with Gasteiger partial charge < -0.3 is 10.2 Å². The fourth-order valence-corrected chi connectivity index (χ4v) is 2.16. The predicted octanol–water partition coefficient (Wildman–Crippen LogP) is 3.14. The van der Waals surface area contributed by atoms with E-state index in [0.29, 0.717) is 0 Å². The van der Waals surface area contributed by atoms with Crippen LogP contribution in [-0.4, -0.2) is 31.1 Å². The third-order valence-corrected chi connectivity index (χ3v) is 3.44. The van der Waals surface area contributed by atoms with Crippen LogP contribution in [0.15, 0.2) is 24.3 Å². The Morgan fingerprint density at radius 2 is 2.18 bits per heavy atom. The van der Waals surface area contributed by atoms with Crippen LogP contribution in [0.1, 0.15) is 25.3 Å². The third kappa shape index (κ3) is 4.39. The van der Waals surface area contributed by atoms with Crippen molar-refractivity contribution in [1.82, 2.24) is 4.90 Å². The summed E-state index contributed by atoms with van der Waals surface area (Å²) in [7, 11) is 0. The monoisotopic (exact) mass is 232 g/mol. The molecule has 1 aliphatic carbocycles. The van der Waals surface area contributed by atoms with Gasteiger partial charge in [0, 0.05) is 25.3 Å². The van der Waals surface area contributed by atoms with Crippen molar-refractivity contribution in [3.8, 4) is 0 Å². The second-order valence-corrected chi connectivity index (χ2v) is 5.13. The number of likely N-dealkylation sites (N-methyl/N-ethyl adjacent to an activating group) is 1. The highest BCUT2D eigenvalue weighted by Gasteiger charge is 2.23. The largest absolute Gasteiger partial charge is 0.384 e. The molecule has 0 saturated heterocycles. The number of hydrogen-bond acceptors (Lipinski definition) is 2. The summed E-state index contributed by atoms with van der Waals surface area (Å²) in [6.45, 7) is 9.06. The molecule has 2 rings (SSSR count). The van der Waals surface area contributed by atoms with Gasteiger partial charge in [0.05, 0.1) is 0 Å². The molecule has 17 heavy (non-hydrogen) atoms. The topological polar surface area (TPSA) is 15.3 Å². The van der Waals surface area contributed by atoms with E-state index in [4.69, 9.17) is 0 Å². The van der Waals surface area contributed by atoms with Crippen molar-refractivity contribution in [1.29, 1.82) is 0 Å². The second kappa shape index (κ2) is 6.06. The van der Waals surface area contributed by atoms with E-state index in [1.54, 1.807) is 0 Å². The first kappa shape index (κ1) is 12.4. The average molecular weight is 232 g/mol. The quantitative estimate of drug-likeness (QED) is 0.777. The molecular weight excluding hydrogens is 208 g/mol. The fourth-order valence-electron chi connectivity index (χ4n) is 2.16. The van der Waals surface area contributed by atoms with E-state index < -0.39 is 0 Å². The lowest BCUT2D eigenvalue weighted by molar-refractivity contribution is 0.287. The van der Waals surface area contributed by atoms with E-state index >= 15 is 0 Å². The van der Waals surface area contributed by atoms with Crippen molar-refractivity contribution in [2.45, 2.75) is 26.7 Å². The van der Waals surface area contributed by atoms with Crippen LogP contribution in [0.3, 0.4) is 0 Å². The standard InChI is InChI=1S/C15H24N2/c1-3-17(12-14-7-8-14)10-9-16-15-6-4-5-13(2)11-15/h4-6,11,14,16H,3,7-10,12H2,1-2H3. The van der Waals surface area contributed by atoms with E-state index in [1.807, 2.05) is 0 Å². The number of rotatable bonds is 7. The van der Waals surface area contributed by atoms with Gasteiger partial charge in [-0.3, -0.25) is 0 Å². The highest BCUT2D eigenvalue weighted by molar-refractivity contribution is 5.45. The van der Waals surface area contributed by atoms with Crippen LogP contribution >= 0.6 is 0 Å². The summed E-state index contributed by atoms with van der Waals surface area (Å²) in [6, 6.07) is 8.59. The number of hydrogen-bond donors (Lipinski definition) is 1. The van der Waals surface area contributed by atoms with Gasteiger partial charge in [-0.25, -0.2) is 0 Å². The first-order chi connectivity index (χ1) is 8.28. The maximum absolute atomic E-state index is 3.50. The van der Waals surface area contributed by atoms with E-state index in [1.165, 1.54) is 37.2 Å². The van der Waals surface area contributed by atoms with Crippen molar-refractivity contribution in [3.63, 3.8) is 0 Å². The molecule has 0 amide bonds. The maximum Gasteiger partial charge on any atom is 0.0343 e. The molecule has 0 atom stereocenters. The summed E-state index contributed by atoms with van der Waals surface area (Å²) in [4.78, 5) is 2.56. The van der Waals surface area contributed by atoms with Crippen LogP contribution in [0.25, 0.3) is 0 Å². The van der Waals surface area contributed by atoms with Gasteiger partial charge in [-0.15, -0.1) is 0 Å². The zero-order chi connectivity index (χ0) is 12.1. The molecule has 1 aromatic carbocycles. The Hall–Kier alpha value is -1.02. The molecule has 0 radical (unpaired) electrons. The van der Waals surface area contributed by atoms with Crippen molar-refractivity contribution in [2.75, 3.05) is 31.5 Å². The molecule has 94 valence electrons. The van der Waals surface area contributed by atoms with Crippen molar-refractivity contribution >= 4 is 5.69 Å². The highest BCUT2D eigenvalue weighted by Crippen LogP contribution is 2.29. The minimum absolute atomic E-state index is 0.994. The molecule has 2 heteroatoms. The Morgan fingerprint density at radius 1 is 1.35 bits per heavy atom. The van der Waals surface area contributed by atoms with Crippen LogP contribution in [0.2, 0.25) is 0 Å². The highest BCUT2D eigenvalue weighted by atomic mass is 15.1. The smallest absolute Gasteiger partial charge is 0.0343 e. The Morgan fingerprint density at radius 3 is 2.82 bits per heavy atom. The van der Waals surface area contributed by atoms with Gasteiger partial charge in [-0.2, -0.15) is 0 Å². The first-order valence-electron chi connectivity index (χ1n) is 6.81. The molecule has 0 bridgehead atoms. The lowest BCUT2D eigenvalue weighted by Crippen LogP contribution is -2.30. The molecule has 0 spiro atoms. The zero-order valence-electron chi connectivity index (χ0n) is 11.1. The van der Waals surface area contributed by atoms with Crippen LogP contribution in [0.5, 0.6) is 0 Å². The molecule has 0 heterocycles. The van der Waals surface area contributed by atoms with Crippen LogP contribution in [0, 0.1) is 12.8 Å². The summed E-state index contributed by atoms with van der Waals surface area (Å²) in [6.07, 6.45) is 2.89. The summed E-state index contributed by atoms with van der Waals surface area (Å²) >= 11 is 0. The van der Waals surface area contributed by atoms with E-state index in [9.17, 15) is 0 Å². The number of nitrogens with zero attached hydrogens (tertiary/aromatic N) is 1. The Labute approximate surface area is 105 Å². The Balaban J connectivity index is 1.70. The van der Waals surface area contributed by atoms with Gasteiger partial charge in [0.2, 0.25) is 0 Å². The molecule has 1 fully saturated rings. The van der Waals surface area contributed by atoms with Crippen LogP contribution < -0.4 is 5.32 Å². The van der Waals surface area contributed by atoms with Crippen LogP contribution in [0.4, 0.5) is 5.69 Å². The Kier molecular flexibility index (Phi) is 4.43. The Bertz CT molecular complexity index is 345. The molecular formula is C15H24N2. The molecule has 0 aromatic heterocycles. The number of benzene rings is 1. The number of anilines is 1. The van der Waals surface area contributed by atoms with Gasteiger partial charge in [0.25, 0.3) is 0 Å². The van der Waals surface area contributed by atoms with Crippen molar-refractivity contribution < 1.29 is 0 Å². The predicted molar refractivity (Wildman–Crippen MR) is 74.5 cm³/mol. The van der Waals surface area contributed by atoms with Crippen molar-refractivity contribution in [3.05, 3.63) is 29.8 Å². The van der Waals surface area contributed by atoms with E-state index in [2.05, 4.69) is 48.3 Å². The lowest BCUT2D eigenvalue weighted by atomic mass is 10.2. The number of nitrogens with one attached hydrogen (secondary N) is 1. The van der Waals surface area contributed by atoms with Gasteiger partial charge >= 0.3 is 0 Å². The van der Waals surface area contributed by atoms with Crippen LogP contribution in [-0.2, 0) is 0 Å². The maximum atomic E-state index is 3.50. The second-order valence-electron chi connectivity index (χ2n) is 5.13. The summed E-state index contributed by atoms with van der Waals surface area (Å²) < 4.78 is 0. The third-order valence-electron chi connectivity index (χ3n) is 3.44. The summed E-state index contributed by atoms with van der Waals surface area (Å²) in [5.41, 5.74) is 2.56. The van der Waals surface area contributed by atoms with E-state index in [0.717, 1.165) is 19.0 Å². The zero-order valence-corrected chi connectivity index (χ0v) is 11.1. The SMILES string of the molecule is CCN(CCNc1cccc(C)c1)CC1CC1. The first-order valence-corrected chi connectivity index (χ1v) is 6.81. The lowest BCUT2D eigenvalue weighted by Gasteiger charge is -2.20. The molecule has 0 unspecified atom stereocenters. The molecule has 1 aromatic rings. The number of aryl methyl sites for hydroxylation is 1. The van der Waals surface area contributed by atoms with Gasteiger partial charge in [-0.05, 0) is 49.9 Å². The molecule has 0 aliphatic heterocycles. The minimum Gasteiger partial charge on any atom is -0.384 e.